The Morgan fingerprint density at radius 1 is 1.17 bits per heavy atom. The van der Waals surface area contributed by atoms with Crippen molar-refractivity contribution < 1.29 is 23.8 Å². The van der Waals surface area contributed by atoms with Crippen LogP contribution < -0.4 is 4.74 Å². The van der Waals surface area contributed by atoms with Gasteiger partial charge in [-0.15, -0.1) is 0 Å². The molecule has 1 aromatic heterocycles. The number of aromatic nitrogens is 1. The number of rotatable bonds is 3. The van der Waals surface area contributed by atoms with Crippen LogP contribution in [0.4, 0.5) is 4.79 Å². The summed E-state index contributed by atoms with van der Waals surface area (Å²) in [5, 5.41) is 0. The first kappa shape index (κ1) is 21.4. The van der Waals surface area contributed by atoms with Crippen molar-refractivity contribution in [1.82, 2.24) is 14.8 Å². The Kier molecular flexibility index (Phi) is 6.62. The van der Waals surface area contributed by atoms with Gasteiger partial charge in [0.25, 0.3) is 5.91 Å². The molecule has 3 rings (SSSR count). The standard InChI is InChI=1S/C21H31N3O5/c1-15-14-23(20(26)29-21(2,3)4)9-10-24(15)19(25)16-5-6-18(22-13-16)28-17-7-11-27-12-8-17/h5-6,13,15,17H,7-12,14H2,1-4H3. The number of pyridine rings is 1. The van der Waals surface area contributed by atoms with Crippen LogP contribution in [0.1, 0.15) is 50.9 Å². The summed E-state index contributed by atoms with van der Waals surface area (Å²) in [6, 6.07) is 3.38. The van der Waals surface area contributed by atoms with E-state index in [1.807, 2.05) is 27.7 Å². The number of carbonyl (C=O) groups excluding carboxylic acids is 2. The second kappa shape index (κ2) is 8.98. The van der Waals surface area contributed by atoms with E-state index in [1.165, 1.54) is 0 Å². The summed E-state index contributed by atoms with van der Waals surface area (Å²) >= 11 is 0. The van der Waals surface area contributed by atoms with E-state index >= 15 is 0 Å². The molecule has 0 radical (unpaired) electrons. The Morgan fingerprint density at radius 3 is 2.48 bits per heavy atom. The number of ether oxygens (including phenoxy) is 3. The zero-order valence-electron chi connectivity index (χ0n) is 17.7. The van der Waals surface area contributed by atoms with Gasteiger partial charge in [-0.25, -0.2) is 9.78 Å². The minimum absolute atomic E-state index is 0.0912. The maximum Gasteiger partial charge on any atom is 0.410 e. The summed E-state index contributed by atoms with van der Waals surface area (Å²) in [4.78, 5) is 32.9. The van der Waals surface area contributed by atoms with Gasteiger partial charge in [-0.1, -0.05) is 0 Å². The van der Waals surface area contributed by atoms with Gasteiger partial charge in [0.2, 0.25) is 5.88 Å². The van der Waals surface area contributed by atoms with Crippen LogP contribution >= 0.6 is 0 Å². The monoisotopic (exact) mass is 405 g/mol. The zero-order chi connectivity index (χ0) is 21.0. The molecule has 1 aromatic rings. The van der Waals surface area contributed by atoms with Gasteiger partial charge in [0.1, 0.15) is 11.7 Å². The van der Waals surface area contributed by atoms with Crippen molar-refractivity contribution in [1.29, 1.82) is 0 Å². The van der Waals surface area contributed by atoms with Crippen molar-refractivity contribution in [3.05, 3.63) is 23.9 Å². The predicted octanol–water partition coefficient (Wildman–Crippen LogP) is 2.72. The Balaban J connectivity index is 1.55. The van der Waals surface area contributed by atoms with Gasteiger partial charge in [0, 0.05) is 50.8 Å². The van der Waals surface area contributed by atoms with Crippen LogP contribution in [0.5, 0.6) is 5.88 Å². The second-order valence-electron chi connectivity index (χ2n) is 8.59. The van der Waals surface area contributed by atoms with E-state index in [1.54, 1.807) is 28.1 Å². The molecular formula is C21H31N3O5. The van der Waals surface area contributed by atoms with E-state index in [4.69, 9.17) is 14.2 Å². The van der Waals surface area contributed by atoms with E-state index in [0.717, 1.165) is 12.8 Å². The maximum absolute atomic E-state index is 12.9. The first-order valence-corrected chi connectivity index (χ1v) is 10.2. The molecule has 2 aliphatic heterocycles. The van der Waals surface area contributed by atoms with Crippen molar-refractivity contribution in [3.8, 4) is 5.88 Å². The van der Waals surface area contributed by atoms with E-state index in [2.05, 4.69) is 4.98 Å². The zero-order valence-corrected chi connectivity index (χ0v) is 17.7. The van der Waals surface area contributed by atoms with Crippen molar-refractivity contribution in [2.75, 3.05) is 32.8 Å². The van der Waals surface area contributed by atoms with Crippen LogP contribution in [0.2, 0.25) is 0 Å². The molecule has 2 amide bonds. The molecule has 29 heavy (non-hydrogen) atoms. The van der Waals surface area contributed by atoms with Crippen LogP contribution in [0.25, 0.3) is 0 Å². The lowest BCUT2D eigenvalue weighted by Gasteiger charge is -2.40. The predicted molar refractivity (Wildman–Crippen MR) is 107 cm³/mol. The van der Waals surface area contributed by atoms with Gasteiger partial charge in [-0.3, -0.25) is 4.79 Å². The molecule has 0 aliphatic carbocycles. The molecule has 0 N–H and O–H groups in total. The minimum atomic E-state index is -0.534. The summed E-state index contributed by atoms with van der Waals surface area (Å²) in [5.74, 6) is 0.433. The molecule has 1 unspecified atom stereocenters. The molecule has 8 nitrogen and oxygen atoms in total. The Hall–Kier alpha value is -2.35. The average Bonchev–Trinajstić information content (AvgIpc) is 2.67. The van der Waals surface area contributed by atoms with Crippen LogP contribution in [0.3, 0.4) is 0 Å². The molecule has 0 saturated carbocycles. The summed E-state index contributed by atoms with van der Waals surface area (Å²) in [6.07, 6.45) is 3.03. The fraction of sp³-hybridized carbons (Fsp3) is 0.667. The molecule has 1 atom stereocenters. The molecule has 0 bridgehead atoms. The molecule has 0 aromatic carbocycles. The Morgan fingerprint density at radius 2 is 1.90 bits per heavy atom. The van der Waals surface area contributed by atoms with E-state index in [0.29, 0.717) is 44.3 Å². The highest BCUT2D eigenvalue weighted by Crippen LogP contribution is 2.19. The summed E-state index contributed by atoms with van der Waals surface area (Å²) in [5.41, 5.74) is -0.0187. The summed E-state index contributed by atoms with van der Waals surface area (Å²) < 4.78 is 16.6. The lowest BCUT2D eigenvalue weighted by Crippen LogP contribution is -2.56. The van der Waals surface area contributed by atoms with Crippen molar-refractivity contribution in [2.45, 2.75) is 58.3 Å². The van der Waals surface area contributed by atoms with Crippen LogP contribution in [-0.4, -0.2) is 77.4 Å². The maximum atomic E-state index is 12.9. The number of hydrogen-bond donors (Lipinski definition) is 0. The minimum Gasteiger partial charge on any atom is -0.474 e. The number of hydrogen-bond acceptors (Lipinski definition) is 6. The Labute approximate surface area is 172 Å². The van der Waals surface area contributed by atoms with Crippen LogP contribution in [-0.2, 0) is 9.47 Å². The molecule has 2 saturated heterocycles. The molecule has 8 heteroatoms. The number of piperazine rings is 1. The van der Waals surface area contributed by atoms with Gasteiger partial charge < -0.3 is 24.0 Å². The van der Waals surface area contributed by atoms with Crippen LogP contribution in [0.15, 0.2) is 18.3 Å². The average molecular weight is 405 g/mol. The second-order valence-corrected chi connectivity index (χ2v) is 8.59. The van der Waals surface area contributed by atoms with Crippen LogP contribution in [0, 0.1) is 0 Å². The smallest absolute Gasteiger partial charge is 0.410 e. The quantitative estimate of drug-likeness (QED) is 0.769. The number of carbonyl (C=O) groups is 2. The van der Waals surface area contributed by atoms with Gasteiger partial charge in [-0.05, 0) is 33.8 Å². The number of amides is 2. The lowest BCUT2D eigenvalue weighted by molar-refractivity contribution is 0.00613. The lowest BCUT2D eigenvalue weighted by atomic mass is 10.1. The third-order valence-electron chi connectivity index (χ3n) is 4.98. The van der Waals surface area contributed by atoms with E-state index < -0.39 is 5.60 Å². The van der Waals surface area contributed by atoms with Gasteiger partial charge in [0.15, 0.2) is 0 Å². The first-order valence-electron chi connectivity index (χ1n) is 10.2. The molecule has 2 aliphatic rings. The third kappa shape index (κ3) is 5.82. The highest BCUT2D eigenvalue weighted by molar-refractivity contribution is 5.94. The SMILES string of the molecule is CC1CN(C(=O)OC(C)(C)C)CCN1C(=O)c1ccc(OC2CCOCC2)nc1. The van der Waals surface area contributed by atoms with Gasteiger partial charge in [0.05, 0.1) is 18.8 Å². The van der Waals surface area contributed by atoms with Crippen molar-refractivity contribution in [3.63, 3.8) is 0 Å². The first-order chi connectivity index (χ1) is 13.7. The highest BCUT2D eigenvalue weighted by Gasteiger charge is 2.32. The fourth-order valence-corrected chi connectivity index (χ4v) is 3.46. The van der Waals surface area contributed by atoms with E-state index in [9.17, 15) is 9.59 Å². The molecule has 0 spiro atoms. The van der Waals surface area contributed by atoms with Crippen molar-refractivity contribution >= 4 is 12.0 Å². The highest BCUT2D eigenvalue weighted by atomic mass is 16.6. The summed E-state index contributed by atoms with van der Waals surface area (Å²) in [6.45, 7) is 10.2. The third-order valence-corrected chi connectivity index (χ3v) is 4.98. The molecule has 2 fully saturated rings. The normalized spacial score (nSPS) is 21.0. The largest absolute Gasteiger partial charge is 0.474 e. The molecular weight excluding hydrogens is 374 g/mol. The number of nitrogens with zero attached hydrogens (tertiary/aromatic N) is 3. The van der Waals surface area contributed by atoms with Gasteiger partial charge >= 0.3 is 6.09 Å². The Bertz CT molecular complexity index is 710. The fourth-order valence-electron chi connectivity index (χ4n) is 3.46. The van der Waals surface area contributed by atoms with E-state index in [-0.39, 0.29) is 24.1 Å². The molecule has 3 heterocycles. The molecule has 160 valence electrons. The topological polar surface area (TPSA) is 81.2 Å². The summed E-state index contributed by atoms with van der Waals surface area (Å²) in [7, 11) is 0. The van der Waals surface area contributed by atoms with Gasteiger partial charge in [-0.2, -0.15) is 0 Å². The van der Waals surface area contributed by atoms with Crippen molar-refractivity contribution in [2.24, 2.45) is 0 Å².